The van der Waals surface area contributed by atoms with E-state index in [2.05, 4.69) is 17.4 Å². The number of benzene rings is 3. The van der Waals surface area contributed by atoms with Gasteiger partial charge in [-0.1, -0.05) is 30.3 Å². The Balaban J connectivity index is 1.30. The van der Waals surface area contributed by atoms with Crippen LogP contribution in [-0.4, -0.2) is 43.7 Å². The van der Waals surface area contributed by atoms with Crippen LogP contribution in [0.4, 0.5) is 11.4 Å². The maximum absolute atomic E-state index is 13.0. The largest absolute Gasteiger partial charge is 0.493 e. The zero-order valence-electron chi connectivity index (χ0n) is 18.7. The Hall–Kier alpha value is -3.91. The van der Waals surface area contributed by atoms with Crippen molar-refractivity contribution in [1.82, 2.24) is 5.32 Å². The van der Waals surface area contributed by atoms with E-state index in [1.54, 1.807) is 6.07 Å². The molecule has 0 spiro atoms. The molecule has 1 N–H and O–H groups in total. The van der Waals surface area contributed by atoms with Gasteiger partial charge in [-0.25, -0.2) is 0 Å². The van der Waals surface area contributed by atoms with Crippen LogP contribution < -0.4 is 15.0 Å². The fraction of sp³-hybridized carbons (Fsp3) is 0.269. The molecule has 0 aromatic heterocycles. The summed E-state index contributed by atoms with van der Waals surface area (Å²) in [5.74, 6) is 0.619. The minimum absolute atomic E-state index is 0.105. The van der Waals surface area contributed by atoms with Gasteiger partial charge in [0, 0.05) is 38.2 Å². The van der Waals surface area contributed by atoms with Crippen molar-refractivity contribution in [2.45, 2.75) is 13.0 Å². The van der Waals surface area contributed by atoms with Crippen molar-refractivity contribution in [2.24, 2.45) is 0 Å². The number of nitro benzene ring substituents is 1. The number of carbonyl (C=O) groups excluding carboxylic acids is 1. The van der Waals surface area contributed by atoms with Gasteiger partial charge in [0.2, 0.25) is 0 Å². The first-order valence-electron chi connectivity index (χ1n) is 11.3. The first kappa shape index (κ1) is 21.9. The minimum Gasteiger partial charge on any atom is -0.493 e. The van der Waals surface area contributed by atoms with Crippen molar-refractivity contribution in [3.05, 3.63) is 87.5 Å². The fourth-order valence-electron chi connectivity index (χ4n) is 4.36. The van der Waals surface area contributed by atoms with Crippen LogP contribution in [0.5, 0.6) is 5.75 Å². The molecule has 0 unspecified atom stereocenters. The lowest BCUT2D eigenvalue weighted by atomic mass is 10.0. The number of anilines is 1. The predicted octanol–water partition coefficient (Wildman–Crippen LogP) is 3.96. The highest BCUT2D eigenvalue weighted by Crippen LogP contribution is 2.31. The van der Waals surface area contributed by atoms with Gasteiger partial charge in [-0.2, -0.15) is 0 Å². The lowest BCUT2D eigenvalue weighted by Gasteiger charge is -2.30. The summed E-state index contributed by atoms with van der Waals surface area (Å²) in [7, 11) is 0. The van der Waals surface area contributed by atoms with E-state index in [9.17, 15) is 14.9 Å². The molecule has 174 valence electrons. The monoisotopic (exact) mass is 459 g/mol. The van der Waals surface area contributed by atoms with E-state index >= 15 is 0 Å². The van der Waals surface area contributed by atoms with Crippen LogP contribution in [0.3, 0.4) is 0 Å². The highest BCUT2D eigenvalue weighted by Gasteiger charge is 2.22. The summed E-state index contributed by atoms with van der Waals surface area (Å²) in [5.41, 5.74) is 5.27. The molecule has 34 heavy (non-hydrogen) atoms. The van der Waals surface area contributed by atoms with E-state index in [4.69, 9.17) is 9.47 Å². The number of hydrogen-bond acceptors (Lipinski definition) is 6. The molecule has 3 aromatic carbocycles. The number of amides is 1. The van der Waals surface area contributed by atoms with Crippen molar-refractivity contribution in [1.29, 1.82) is 0 Å². The maximum atomic E-state index is 13.0. The standard InChI is InChI=1S/C26H25N3O5/c30-26(23-16-22(29(31)32)6-7-24(23)28-10-13-33-14-11-28)27-17-18-1-3-19(4-2-18)20-5-8-25-21(15-20)9-12-34-25/h1-8,15-16H,9-14,17H2,(H,27,30). The number of morpholine rings is 1. The van der Waals surface area contributed by atoms with Crippen LogP contribution in [0, 0.1) is 10.1 Å². The normalized spacial score (nSPS) is 14.9. The molecule has 5 rings (SSSR count). The van der Waals surface area contributed by atoms with Gasteiger partial charge in [0.1, 0.15) is 5.75 Å². The van der Waals surface area contributed by atoms with E-state index < -0.39 is 4.92 Å². The summed E-state index contributed by atoms with van der Waals surface area (Å²) in [6, 6.07) is 18.7. The summed E-state index contributed by atoms with van der Waals surface area (Å²) in [4.78, 5) is 25.9. The topological polar surface area (TPSA) is 93.9 Å². The second kappa shape index (κ2) is 9.52. The molecule has 8 heteroatoms. The number of carbonyl (C=O) groups is 1. The van der Waals surface area contributed by atoms with Crippen molar-refractivity contribution in [3.8, 4) is 16.9 Å². The van der Waals surface area contributed by atoms with Crippen molar-refractivity contribution in [3.63, 3.8) is 0 Å². The molecule has 2 aliphatic rings. The van der Waals surface area contributed by atoms with Gasteiger partial charge in [-0.3, -0.25) is 14.9 Å². The number of hydrogen-bond donors (Lipinski definition) is 1. The Morgan fingerprint density at radius 3 is 2.50 bits per heavy atom. The van der Waals surface area contributed by atoms with E-state index in [-0.39, 0.29) is 11.6 Å². The summed E-state index contributed by atoms with van der Waals surface area (Å²) in [6.07, 6.45) is 0.928. The zero-order chi connectivity index (χ0) is 23.5. The molecule has 8 nitrogen and oxygen atoms in total. The highest BCUT2D eigenvalue weighted by atomic mass is 16.6. The van der Waals surface area contributed by atoms with Crippen molar-refractivity contribution < 1.29 is 19.2 Å². The molecule has 1 fully saturated rings. The summed E-state index contributed by atoms with van der Waals surface area (Å²) < 4.78 is 11.0. The average Bonchev–Trinajstić information content (AvgIpc) is 3.36. The van der Waals surface area contributed by atoms with Gasteiger partial charge >= 0.3 is 0 Å². The molecule has 0 radical (unpaired) electrons. The molecule has 0 atom stereocenters. The number of ether oxygens (including phenoxy) is 2. The summed E-state index contributed by atoms with van der Waals surface area (Å²) in [6.45, 7) is 3.43. The Morgan fingerprint density at radius 1 is 0.971 bits per heavy atom. The maximum Gasteiger partial charge on any atom is 0.270 e. The second-order valence-corrected chi connectivity index (χ2v) is 8.36. The Bertz CT molecular complexity index is 1220. The van der Waals surface area contributed by atoms with Crippen LogP contribution >= 0.6 is 0 Å². The quantitative estimate of drug-likeness (QED) is 0.443. The molecule has 2 aliphatic heterocycles. The molecule has 0 aliphatic carbocycles. The number of nitrogens with zero attached hydrogens (tertiary/aromatic N) is 2. The zero-order valence-corrected chi connectivity index (χ0v) is 18.7. The molecule has 3 aromatic rings. The Labute approximate surface area is 197 Å². The van der Waals surface area contributed by atoms with Gasteiger partial charge in [0.15, 0.2) is 0 Å². The highest BCUT2D eigenvalue weighted by molar-refractivity contribution is 6.00. The Morgan fingerprint density at radius 2 is 1.74 bits per heavy atom. The van der Waals surface area contributed by atoms with Crippen LogP contribution in [0.2, 0.25) is 0 Å². The van der Waals surface area contributed by atoms with Crippen LogP contribution in [0.1, 0.15) is 21.5 Å². The third-order valence-electron chi connectivity index (χ3n) is 6.22. The lowest BCUT2D eigenvalue weighted by Crippen LogP contribution is -2.38. The van der Waals surface area contributed by atoms with Gasteiger partial charge in [0.05, 0.1) is 36.0 Å². The Kier molecular flexibility index (Phi) is 6.14. The molecular weight excluding hydrogens is 434 g/mol. The van der Waals surface area contributed by atoms with Crippen LogP contribution in [0.15, 0.2) is 60.7 Å². The first-order chi connectivity index (χ1) is 16.6. The predicted molar refractivity (Wildman–Crippen MR) is 128 cm³/mol. The van der Waals surface area contributed by atoms with Gasteiger partial charge in [-0.05, 0) is 40.5 Å². The van der Waals surface area contributed by atoms with Gasteiger partial charge in [-0.15, -0.1) is 0 Å². The molecule has 1 saturated heterocycles. The molecule has 1 amide bonds. The minimum atomic E-state index is -0.482. The van der Waals surface area contributed by atoms with E-state index in [0.717, 1.165) is 35.5 Å². The van der Waals surface area contributed by atoms with Crippen molar-refractivity contribution >= 4 is 17.3 Å². The smallest absolute Gasteiger partial charge is 0.270 e. The van der Waals surface area contributed by atoms with Gasteiger partial charge < -0.3 is 19.7 Å². The number of rotatable bonds is 6. The van der Waals surface area contributed by atoms with E-state index in [1.807, 2.05) is 35.2 Å². The summed E-state index contributed by atoms with van der Waals surface area (Å²) in [5, 5.41) is 14.2. The number of fused-ring (bicyclic) bond motifs is 1. The third kappa shape index (κ3) is 4.58. The number of nitro groups is 1. The molecule has 0 bridgehead atoms. The number of non-ortho nitro benzene ring substituents is 1. The average molecular weight is 460 g/mol. The van der Waals surface area contributed by atoms with Crippen molar-refractivity contribution in [2.75, 3.05) is 37.8 Å². The van der Waals surface area contributed by atoms with E-state index in [0.29, 0.717) is 44.1 Å². The first-order valence-corrected chi connectivity index (χ1v) is 11.3. The van der Waals surface area contributed by atoms with Crippen LogP contribution in [0.25, 0.3) is 11.1 Å². The molecule has 2 heterocycles. The van der Waals surface area contributed by atoms with Gasteiger partial charge in [0.25, 0.3) is 11.6 Å². The number of nitrogens with one attached hydrogen (secondary N) is 1. The van der Waals surface area contributed by atoms with Crippen LogP contribution in [-0.2, 0) is 17.7 Å². The fourth-order valence-corrected chi connectivity index (χ4v) is 4.36. The SMILES string of the molecule is O=C(NCc1ccc(-c2ccc3c(c2)CCO3)cc1)c1cc([N+](=O)[O-])ccc1N1CCOCC1. The van der Waals surface area contributed by atoms with E-state index in [1.165, 1.54) is 17.7 Å². The lowest BCUT2D eigenvalue weighted by molar-refractivity contribution is -0.384. The second-order valence-electron chi connectivity index (χ2n) is 8.36. The molecular formula is C26H25N3O5. The molecule has 0 saturated carbocycles. The third-order valence-corrected chi connectivity index (χ3v) is 6.22. The summed E-state index contributed by atoms with van der Waals surface area (Å²) >= 11 is 0.